The van der Waals surface area contributed by atoms with E-state index >= 15 is 0 Å². The molecule has 0 radical (unpaired) electrons. The summed E-state index contributed by atoms with van der Waals surface area (Å²) in [5.74, 6) is 0.425. The van der Waals surface area contributed by atoms with Crippen LogP contribution in [0.1, 0.15) is 29.6 Å². The zero-order valence-corrected chi connectivity index (χ0v) is 17.2. The van der Waals surface area contributed by atoms with Gasteiger partial charge in [-0.15, -0.1) is 12.4 Å². The van der Waals surface area contributed by atoms with Crippen molar-refractivity contribution in [2.75, 3.05) is 24.4 Å². The molecule has 1 saturated heterocycles. The SMILES string of the molecule is Cl.O=C(NCCC1CCCNC1)c1ccc(S(=O)(=O)Nc2ccccc2)cc1. The van der Waals surface area contributed by atoms with Crippen molar-refractivity contribution in [2.45, 2.75) is 24.2 Å². The molecule has 1 unspecified atom stereocenters. The van der Waals surface area contributed by atoms with E-state index in [-0.39, 0.29) is 23.2 Å². The van der Waals surface area contributed by atoms with Gasteiger partial charge in [0.2, 0.25) is 0 Å². The first kappa shape index (κ1) is 22.2. The highest BCUT2D eigenvalue weighted by molar-refractivity contribution is 7.92. The number of halogens is 1. The van der Waals surface area contributed by atoms with Gasteiger partial charge in [0.15, 0.2) is 0 Å². The Morgan fingerprint density at radius 2 is 1.79 bits per heavy atom. The van der Waals surface area contributed by atoms with E-state index in [4.69, 9.17) is 0 Å². The van der Waals surface area contributed by atoms with E-state index in [9.17, 15) is 13.2 Å². The fourth-order valence-corrected chi connectivity index (χ4v) is 4.23. The summed E-state index contributed by atoms with van der Waals surface area (Å²) >= 11 is 0. The van der Waals surface area contributed by atoms with Gasteiger partial charge >= 0.3 is 0 Å². The first-order chi connectivity index (χ1) is 13.0. The Hall–Kier alpha value is -2.09. The minimum atomic E-state index is -3.68. The van der Waals surface area contributed by atoms with Crippen molar-refractivity contribution in [3.05, 3.63) is 60.2 Å². The second-order valence-electron chi connectivity index (χ2n) is 6.75. The molecule has 1 aliphatic heterocycles. The van der Waals surface area contributed by atoms with Crippen LogP contribution in [0.25, 0.3) is 0 Å². The number of para-hydroxylation sites is 1. The maximum absolute atomic E-state index is 12.4. The summed E-state index contributed by atoms with van der Waals surface area (Å²) in [5.41, 5.74) is 0.951. The molecular formula is C20H26ClN3O3S. The number of benzene rings is 2. The summed E-state index contributed by atoms with van der Waals surface area (Å²) in [5, 5.41) is 6.28. The topological polar surface area (TPSA) is 87.3 Å². The molecular weight excluding hydrogens is 398 g/mol. The first-order valence-corrected chi connectivity index (χ1v) is 10.7. The minimum Gasteiger partial charge on any atom is -0.352 e. The van der Waals surface area contributed by atoms with E-state index in [0.29, 0.717) is 23.7 Å². The van der Waals surface area contributed by atoms with Crippen molar-refractivity contribution >= 4 is 34.0 Å². The van der Waals surface area contributed by atoms with Crippen LogP contribution in [0.2, 0.25) is 0 Å². The van der Waals surface area contributed by atoms with E-state index in [2.05, 4.69) is 15.4 Å². The molecule has 1 amide bonds. The molecule has 1 fully saturated rings. The fourth-order valence-electron chi connectivity index (χ4n) is 3.17. The molecule has 152 valence electrons. The Morgan fingerprint density at radius 3 is 2.43 bits per heavy atom. The summed E-state index contributed by atoms with van der Waals surface area (Å²) in [4.78, 5) is 12.4. The van der Waals surface area contributed by atoms with Gasteiger partial charge < -0.3 is 10.6 Å². The molecule has 1 aliphatic rings. The number of hydrogen-bond donors (Lipinski definition) is 3. The van der Waals surface area contributed by atoms with Crippen molar-refractivity contribution in [3.63, 3.8) is 0 Å². The van der Waals surface area contributed by atoms with Crippen molar-refractivity contribution in [2.24, 2.45) is 5.92 Å². The van der Waals surface area contributed by atoms with Gasteiger partial charge in [0.05, 0.1) is 4.90 Å². The van der Waals surface area contributed by atoms with Crippen LogP contribution in [-0.2, 0) is 10.0 Å². The van der Waals surface area contributed by atoms with Crippen molar-refractivity contribution in [1.82, 2.24) is 10.6 Å². The summed E-state index contributed by atoms with van der Waals surface area (Å²) in [6.07, 6.45) is 3.33. The third-order valence-electron chi connectivity index (χ3n) is 4.69. The number of amides is 1. The average Bonchev–Trinajstić information content (AvgIpc) is 2.69. The molecule has 8 heteroatoms. The highest BCUT2D eigenvalue weighted by Gasteiger charge is 2.16. The van der Waals surface area contributed by atoms with E-state index in [0.717, 1.165) is 19.5 Å². The van der Waals surface area contributed by atoms with Gasteiger partial charge in [0.1, 0.15) is 0 Å². The highest BCUT2D eigenvalue weighted by atomic mass is 35.5. The lowest BCUT2D eigenvalue weighted by atomic mass is 9.96. The highest BCUT2D eigenvalue weighted by Crippen LogP contribution is 2.17. The summed E-state index contributed by atoms with van der Waals surface area (Å²) in [7, 11) is -3.68. The van der Waals surface area contributed by atoms with E-state index in [1.807, 2.05) is 6.07 Å². The Kier molecular flexibility index (Phi) is 8.29. The molecule has 0 bridgehead atoms. The Morgan fingerprint density at radius 1 is 1.07 bits per heavy atom. The van der Waals surface area contributed by atoms with Crippen LogP contribution in [0.15, 0.2) is 59.5 Å². The van der Waals surface area contributed by atoms with Gasteiger partial charge in [0.25, 0.3) is 15.9 Å². The number of carbonyl (C=O) groups is 1. The van der Waals surface area contributed by atoms with Crippen LogP contribution in [0.3, 0.4) is 0 Å². The maximum atomic E-state index is 12.4. The van der Waals surface area contributed by atoms with E-state index < -0.39 is 10.0 Å². The van der Waals surface area contributed by atoms with Gasteiger partial charge in [-0.3, -0.25) is 9.52 Å². The van der Waals surface area contributed by atoms with E-state index in [1.165, 1.54) is 37.1 Å². The third-order valence-corrected chi connectivity index (χ3v) is 6.09. The normalized spacial score (nSPS) is 16.6. The molecule has 1 heterocycles. The second kappa shape index (κ2) is 10.5. The van der Waals surface area contributed by atoms with Gasteiger partial charge in [0, 0.05) is 17.8 Å². The number of carbonyl (C=O) groups excluding carboxylic acids is 1. The number of sulfonamides is 1. The van der Waals surface area contributed by atoms with Crippen LogP contribution in [0.5, 0.6) is 0 Å². The number of hydrogen-bond acceptors (Lipinski definition) is 4. The van der Waals surface area contributed by atoms with Crippen molar-refractivity contribution in [1.29, 1.82) is 0 Å². The molecule has 1 atom stereocenters. The van der Waals surface area contributed by atoms with Gasteiger partial charge in [-0.25, -0.2) is 8.42 Å². The zero-order valence-electron chi connectivity index (χ0n) is 15.6. The lowest BCUT2D eigenvalue weighted by Gasteiger charge is -2.22. The summed E-state index contributed by atoms with van der Waals surface area (Å²) < 4.78 is 27.3. The standard InChI is InChI=1S/C20H25N3O3S.ClH/c24-20(22-14-12-16-5-4-13-21-15-16)17-8-10-19(11-9-17)27(25,26)23-18-6-2-1-3-7-18;/h1-3,6-11,16,21,23H,4-5,12-15H2,(H,22,24);1H. The lowest BCUT2D eigenvalue weighted by molar-refractivity contribution is 0.0950. The van der Waals surface area contributed by atoms with E-state index in [1.54, 1.807) is 24.3 Å². The summed E-state index contributed by atoms with van der Waals surface area (Å²) in [6, 6.07) is 14.7. The molecule has 6 nitrogen and oxygen atoms in total. The average molecular weight is 424 g/mol. The van der Waals surface area contributed by atoms with Crippen LogP contribution in [-0.4, -0.2) is 34.0 Å². The molecule has 0 spiro atoms. The van der Waals surface area contributed by atoms with Gasteiger partial charge in [-0.05, 0) is 74.7 Å². The summed E-state index contributed by atoms with van der Waals surface area (Å²) in [6.45, 7) is 2.72. The van der Waals surface area contributed by atoms with Gasteiger partial charge in [-0.2, -0.15) is 0 Å². The predicted molar refractivity (Wildman–Crippen MR) is 113 cm³/mol. The number of nitrogens with one attached hydrogen (secondary N) is 3. The molecule has 2 aromatic carbocycles. The number of piperidine rings is 1. The van der Waals surface area contributed by atoms with Crippen LogP contribution in [0.4, 0.5) is 5.69 Å². The second-order valence-corrected chi connectivity index (χ2v) is 8.44. The van der Waals surface area contributed by atoms with Crippen LogP contribution < -0.4 is 15.4 Å². The predicted octanol–water partition coefficient (Wildman–Crippen LogP) is 3.03. The molecule has 3 rings (SSSR count). The monoisotopic (exact) mass is 423 g/mol. The Bertz CT molecular complexity index is 852. The maximum Gasteiger partial charge on any atom is 0.261 e. The number of rotatable bonds is 7. The van der Waals surface area contributed by atoms with Crippen LogP contribution >= 0.6 is 12.4 Å². The smallest absolute Gasteiger partial charge is 0.261 e. The molecule has 3 N–H and O–H groups in total. The number of anilines is 1. The van der Waals surface area contributed by atoms with Crippen molar-refractivity contribution < 1.29 is 13.2 Å². The Labute approximate surface area is 172 Å². The lowest BCUT2D eigenvalue weighted by Crippen LogP contribution is -2.33. The quantitative estimate of drug-likeness (QED) is 0.638. The minimum absolute atomic E-state index is 0. The molecule has 2 aromatic rings. The zero-order chi connectivity index (χ0) is 19.1. The van der Waals surface area contributed by atoms with Crippen molar-refractivity contribution in [3.8, 4) is 0 Å². The third kappa shape index (κ3) is 6.22. The molecule has 28 heavy (non-hydrogen) atoms. The molecule has 0 saturated carbocycles. The molecule has 0 aliphatic carbocycles. The fraction of sp³-hybridized carbons (Fsp3) is 0.350. The van der Waals surface area contributed by atoms with Gasteiger partial charge in [-0.1, -0.05) is 18.2 Å². The van der Waals surface area contributed by atoms with Crippen LogP contribution in [0, 0.1) is 5.92 Å². The first-order valence-electron chi connectivity index (χ1n) is 9.21. The largest absolute Gasteiger partial charge is 0.352 e. The molecule has 0 aromatic heterocycles. The Balaban J connectivity index is 0.00000280.